The zero-order chi connectivity index (χ0) is 18.2. The molecule has 7 nitrogen and oxygen atoms in total. The van der Waals surface area contributed by atoms with Crippen LogP contribution in [0, 0.1) is 5.92 Å². The monoisotopic (exact) mass is 356 g/mol. The second kappa shape index (κ2) is 6.41. The number of nitrogens with one attached hydrogen (secondary N) is 1. The number of urea groups is 1. The minimum Gasteiger partial charge on any atom is -0.334 e. The maximum absolute atomic E-state index is 12.8. The Kier molecular flexibility index (Phi) is 4.44. The number of hydrogen-bond acceptors (Lipinski definition) is 3. The second-order valence-electron chi connectivity index (χ2n) is 6.28. The van der Waals surface area contributed by atoms with Crippen LogP contribution < -0.4 is 5.32 Å². The average Bonchev–Trinajstić information content (AvgIpc) is 3.12. The molecule has 2 aromatic rings. The lowest BCUT2D eigenvalue weighted by Crippen LogP contribution is -2.37. The van der Waals surface area contributed by atoms with Crippen LogP contribution in [0.15, 0.2) is 18.5 Å². The number of hydrogen-bond donors (Lipinski definition) is 1. The summed E-state index contributed by atoms with van der Waals surface area (Å²) in [6.45, 7) is 0.858. The maximum Gasteiger partial charge on any atom is 0.434 e. The third-order valence-corrected chi connectivity index (χ3v) is 4.21. The highest BCUT2D eigenvalue weighted by Crippen LogP contribution is 2.30. The molecule has 1 aliphatic rings. The van der Waals surface area contributed by atoms with Gasteiger partial charge in [-0.15, -0.1) is 0 Å². The summed E-state index contributed by atoms with van der Waals surface area (Å²) in [4.78, 5) is 17.4. The van der Waals surface area contributed by atoms with Crippen molar-refractivity contribution >= 4 is 11.8 Å². The van der Waals surface area contributed by atoms with Gasteiger partial charge < -0.3 is 9.47 Å². The van der Waals surface area contributed by atoms with Crippen LogP contribution >= 0.6 is 0 Å². The maximum atomic E-state index is 12.8. The van der Waals surface area contributed by atoms with Crippen LogP contribution in [0.5, 0.6) is 0 Å². The fraction of sp³-hybridized carbons (Fsp3) is 0.533. The lowest BCUT2D eigenvalue weighted by Gasteiger charge is -2.28. The fourth-order valence-electron chi connectivity index (χ4n) is 2.96. The summed E-state index contributed by atoms with van der Waals surface area (Å²) in [5, 5.41) is 6.76. The number of halogens is 3. The van der Waals surface area contributed by atoms with Gasteiger partial charge in [0.2, 0.25) is 0 Å². The molecular weight excluding hydrogens is 337 g/mol. The lowest BCUT2D eigenvalue weighted by atomic mass is 9.99. The average molecular weight is 356 g/mol. The highest BCUT2D eigenvalue weighted by molar-refractivity contribution is 5.87. The molecule has 3 heterocycles. The van der Waals surface area contributed by atoms with Crippen molar-refractivity contribution in [3.63, 3.8) is 0 Å². The van der Waals surface area contributed by atoms with Crippen molar-refractivity contribution in [2.45, 2.75) is 25.6 Å². The first-order chi connectivity index (χ1) is 11.7. The molecule has 10 heteroatoms. The predicted octanol–water partition coefficient (Wildman–Crippen LogP) is 2.36. The summed E-state index contributed by atoms with van der Waals surface area (Å²) in [7, 11) is 3.40. The van der Waals surface area contributed by atoms with Gasteiger partial charge in [-0.25, -0.2) is 9.78 Å². The summed E-state index contributed by atoms with van der Waals surface area (Å²) in [6, 6.07) is 1.38. The van der Waals surface area contributed by atoms with Crippen molar-refractivity contribution in [1.82, 2.24) is 24.2 Å². The Morgan fingerprint density at radius 3 is 2.88 bits per heavy atom. The standard InChI is InChI=1S/C15H19F3N6O/c1-22(14(25)20-12-5-6-23(2)21-12)7-10-3-4-13-19-11(15(16,17)18)9-24(13)8-10/h5-6,9-10H,3-4,7-8H2,1-2H3,(H,20,21,25). The van der Waals surface area contributed by atoms with Crippen LogP contribution in [0.1, 0.15) is 17.9 Å². The molecule has 25 heavy (non-hydrogen) atoms. The first-order valence-corrected chi connectivity index (χ1v) is 7.87. The van der Waals surface area contributed by atoms with E-state index in [-0.39, 0.29) is 11.9 Å². The summed E-state index contributed by atoms with van der Waals surface area (Å²) in [5.74, 6) is 0.973. The number of aromatic nitrogens is 4. The Hall–Kier alpha value is -2.52. The van der Waals surface area contributed by atoms with Crippen LogP contribution in [-0.4, -0.2) is 43.9 Å². The highest BCUT2D eigenvalue weighted by atomic mass is 19.4. The zero-order valence-corrected chi connectivity index (χ0v) is 13.9. The molecule has 0 radical (unpaired) electrons. The number of fused-ring (bicyclic) bond motifs is 1. The van der Waals surface area contributed by atoms with Crippen molar-refractivity contribution in [3.05, 3.63) is 30.0 Å². The van der Waals surface area contributed by atoms with Crippen LogP contribution in [0.4, 0.5) is 23.8 Å². The van der Waals surface area contributed by atoms with Crippen LogP contribution in [0.2, 0.25) is 0 Å². The summed E-state index contributed by atoms with van der Waals surface area (Å²) < 4.78 is 41.4. The molecule has 0 bridgehead atoms. The largest absolute Gasteiger partial charge is 0.434 e. The third-order valence-electron chi connectivity index (χ3n) is 4.21. The molecule has 1 aliphatic heterocycles. The Morgan fingerprint density at radius 1 is 1.48 bits per heavy atom. The minimum atomic E-state index is -4.43. The number of rotatable bonds is 3. The van der Waals surface area contributed by atoms with E-state index in [1.54, 1.807) is 35.6 Å². The molecule has 1 unspecified atom stereocenters. The molecule has 3 rings (SSSR count). The molecule has 2 amide bonds. The van der Waals surface area contributed by atoms with E-state index in [2.05, 4.69) is 15.4 Å². The highest BCUT2D eigenvalue weighted by Gasteiger charge is 2.36. The second-order valence-corrected chi connectivity index (χ2v) is 6.28. The molecule has 0 fully saturated rings. The molecule has 1 N–H and O–H groups in total. The number of nitrogens with zero attached hydrogens (tertiary/aromatic N) is 5. The quantitative estimate of drug-likeness (QED) is 0.918. The number of carbonyl (C=O) groups is 1. The molecule has 0 spiro atoms. The molecule has 0 saturated carbocycles. The molecule has 0 aliphatic carbocycles. The third kappa shape index (κ3) is 3.94. The van der Waals surface area contributed by atoms with Gasteiger partial charge >= 0.3 is 12.2 Å². The lowest BCUT2D eigenvalue weighted by molar-refractivity contribution is -0.141. The number of anilines is 1. The van der Waals surface area contributed by atoms with E-state index < -0.39 is 11.9 Å². The fourth-order valence-corrected chi connectivity index (χ4v) is 2.96. The van der Waals surface area contributed by atoms with Crippen molar-refractivity contribution in [1.29, 1.82) is 0 Å². The first-order valence-electron chi connectivity index (χ1n) is 7.87. The smallest absolute Gasteiger partial charge is 0.334 e. The predicted molar refractivity (Wildman–Crippen MR) is 83.9 cm³/mol. The molecule has 0 aromatic carbocycles. The van der Waals surface area contributed by atoms with E-state index in [1.165, 1.54) is 4.90 Å². The number of amides is 2. The SMILES string of the molecule is CN(CC1CCc2nc(C(F)(F)F)cn2C1)C(=O)Nc1ccn(C)n1. The van der Waals surface area contributed by atoms with Gasteiger partial charge in [0.1, 0.15) is 5.82 Å². The Morgan fingerprint density at radius 2 is 2.24 bits per heavy atom. The van der Waals surface area contributed by atoms with Gasteiger partial charge in [0.05, 0.1) is 0 Å². The van der Waals surface area contributed by atoms with E-state index in [0.717, 1.165) is 6.20 Å². The topological polar surface area (TPSA) is 68.0 Å². The van der Waals surface area contributed by atoms with Gasteiger partial charge in [-0.3, -0.25) is 10.00 Å². The van der Waals surface area contributed by atoms with Crippen molar-refractivity contribution in [2.75, 3.05) is 18.9 Å². The van der Waals surface area contributed by atoms with E-state index in [1.807, 2.05) is 0 Å². The van der Waals surface area contributed by atoms with E-state index in [9.17, 15) is 18.0 Å². The molecule has 1 atom stereocenters. The van der Waals surface area contributed by atoms with Crippen molar-refractivity contribution < 1.29 is 18.0 Å². The van der Waals surface area contributed by atoms with Crippen LogP contribution in [0.25, 0.3) is 0 Å². The van der Waals surface area contributed by atoms with E-state index >= 15 is 0 Å². The Balaban J connectivity index is 1.58. The Bertz CT molecular complexity index is 766. The minimum absolute atomic E-state index is 0.0715. The first kappa shape index (κ1) is 17.3. The van der Waals surface area contributed by atoms with Gasteiger partial charge in [0, 0.05) is 52.1 Å². The van der Waals surface area contributed by atoms with E-state index in [4.69, 9.17) is 0 Å². The number of carbonyl (C=O) groups excluding carboxylic acids is 1. The van der Waals surface area contributed by atoms with Gasteiger partial charge in [-0.05, 0) is 12.3 Å². The van der Waals surface area contributed by atoms with Crippen molar-refractivity contribution in [2.24, 2.45) is 13.0 Å². The molecule has 0 saturated heterocycles. The Labute approximate surface area is 142 Å². The number of alkyl halides is 3. The van der Waals surface area contributed by atoms with Crippen LogP contribution in [0.3, 0.4) is 0 Å². The van der Waals surface area contributed by atoms with Gasteiger partial charge in [-0.2, -0.15) is 18.3 Å². The summed E-state index contributed by atoms with van der Waals surface area (Å²) in [6.07, 6.45) is -0.504. The number of aryl methyl sites for hydroxylation is 2. The van der Waals surface area contributed by atoms with Gasteiger partial charge in [0.15, 0.2) is 11.5 Å². The van der Waals surface area contributed by atoms with E-state index in [0.29, 0.717) is 37.6 Å². The summed E-state index contributed by atoms with van der Waals surface area (Å²) >= 11 is 0. The zero-order valence-electron chi connectivity index (χ0n) is 13.9. The normalized spacial score (nSPS) is 17.2. The van der Waals surface area contributed by atoms with Gasteiger partial charge in [-0.1, -0.05) is 0 Å². The summed E-state index contributed by atoms with van der Waals surface area (Å²) in [5.41, 5.74) is -0.857. The van der Waals surface area contributed by atoms with Crippen molar-refractivity contribution in [3.8, 4) is 0 Å². The number of imidazole rings is 1. The molecule has 2 aromatic heterocycles. The molecule has 136 valence electrons. The van der Waals surface area contributed by atoms with Crippen LogP contribution in [-0.2, 0) is 26.2 Å². The molecular formula is C15H19F3N6O. The van der Waals surface area contributed by atoms with Gasteiger partial charge in [0.25, 0.3) is 0 Å².